The van der Waals surface area contributed by atoms with E-state index in [0.717, 1.165) is 5.56 Å². The summed E-state index contributed by atoms with van der Waals surface area (Å²) in [5, 5.41) is 5.54. The monoisotopic (exact) mass is 360 g/mol. The van der Waals surface area contributed by atoms with Crippen LogP contribution in [0.5, 0.6) is 11.5 Å². The lowest BCUT2D eigenvalue weighted by Crippen LogP contribution is -2.31. The summed E-state index contributed by atoms with van der Waals surface area (Å²) >= 11 is 0. The number of amides is 2. The van der Waals surface area contributed by atoms with Gasteiger partial charge in [-0.05, 0) is 37.1 Å². The van der Waals surface area contributed by atoms with Crippen molar-refractivity contribution in [1.82, 2.24) is 10.6 Å². The van der Waals surface area contributed by atoms with Crippen LogP contribution in [0.15, 0.2) is 34.9 Å². The first-order valence-corrected chi connectivity index (χ1v) is 8.35. The second-order valence-electron chi connectivity index (χ2n) is 5.69. The van der Waals surface area contributed by atoms with Crippen LogP contribution in [0.25, 0.3) is 0 Å². The minimum absolute atomic E-state index is 0.116. The van der Waals surface area contributed by atoms with Crippen molar-refractivity contribution >= 4 is 11.8 Å². The molecule has 2 aromatic rings. The van der Waals surface area contributed by atoms with Crippen molar-refractivity contribution in [2.24, 2.45) is 0 Å². The third-order valence-electron chi connectivity index (χ3n) is 3.92. The summed E-state index contributed by atoms with van der Waals surface area (Å²) in [5.74, 6) is 1.53. The molecule has 26 heavy (non-hydrogen) atoms. The van der Waals surface area contributed by atoms with E-state index in [0.29, 0.717) is 35.8 Å². The summed E-state index contributed by atoms with van der Waals surface area (Å²) in [4.78, 5) is 23.8. The Hall–Kier alpha value is -2.96. The van der Waals surface area contributed by atoms with E-state index >= 15 is 0 Å². The second kappa shape index (κ2) is 9.50. The number of furan rings is 1. The number of aryl methyl sites for hydroxylation is 1. The molecular weight excluding hydrogens is 336 g/mol. The smallest absolute Gasteiger partial charge is 0.254 e. The lowest BCUT2D eigenvalue weighted by Gasteiger charge is -2.10. The highest BCUT2D eigenvalue weighted by Gasteiger charge is 2.11. The van der Waals surface area contributed by atoms with E-state index in [1.54, 1.807) is 27.2 Å². The normalized spacial score (nSPS) is 10.3. The van der Waals surface area contributed by atoms with Gasteiger partial charge in [0.2, 0.25) is 5.91 Å². The summed E-state index contributed by atoms with van der Waals surface area (Å²) in [6, 6.07) is 7.26. The molecule has 0 fully saturated rings. The summed E-state index contributed by atoms with van der Waals surface area (Å²) < 4.78 is 15.5. The fourth-order valence-corrected chi connectivity index (χ4v) is 2.48. The van der Waals surface area contributed by atoms with Crippen LogP contribution in [0.2, 0.25) is 0 Å². The highest BCUT2D eigenvalue weighted by Crippen LogP contribution is 2.27. The van der Waals surface area contributed by atoms with Gasteiger partial charge in [-0.2, -0.15) is 0 Å². The average Bonchev–Trinajstić information content (AvgIpc) is 3.07. The van der Waals surface area contributed by atoms with E-state index in [1.807, 2.05) is 18.2 Å². The van der Waals surface area contributed by atoms with Crippen molar-refractivity contribution in [2.45, 2.75) is 19.8 Å². The molecular formula is C19H24N2O5. The zero-order valence-corrected chi connectivity index (χ0v) is 15.3. The molecule has 2 amide bonds. The van der Waals surface area contributed by atoms with Crippen molar-refractivity contribution in [2.75, 3.05) is 27.3 Å². The molecule has 0 aliphatic heterocycles. The molecule has 7 heteroatoms. The molecule has 1 aromatic carbocycles. The molecule has 0 saturated carbocycles. The number of hydrogen-bond donors (Lipinski definition) is 2. The van der Waals surface area contributed by atoms with E-state index in [4.69, 9.17) is 13.9 Å². The third kappa shape index (κ3) is 5.27. The standard InChI is InChI=1S/C19H24N2O5/c1-13-15(8-11-26-13)19(23)21-10-7-18(22)20-9-6-14-4-5-16(24-2)17(12-14)25-3/h4-5,8,11-12H,6-7,9-10H2,1-3H3,(H,20,22)(H,21,23). The molecule has 1 aromatic heterocycles. The van der Waals surface area contributed by atoms with Gasteiger partial charge >= 0.3 is 0 Å². The van der Waals surface area contributed by atoms with Gasteiger partial charge in [0.05, 0.1) is 26.0 Å². The van der Waals surface area contributed by atoms with Crippen molar-refractivity contribution in [3.63, 3.8) is 0 Å². The van der Waals surface area contributed by atoms with Crippen LogP contribution in [-0.4, -0.2) is 39.1 Å². The van der Waals surface area contributed by atoms with E-state index < -0.39 is 0 Å². The van der Waals surface area contributed by atoms with Crippen LogP contribution in [0, 0.1) is 6.92 Å². The maximum atomic E-state index is 11.9. The third-order valence-corrected chi connectivity index (χ3v) is 3.92. The molecule has 0 aliphatic rings. The SMILES string of the molecule is COc1ccc(CCNC(=O)CCNC(=O)c2ccoc2C)cc1OC. The van der Waals surface area contributed by atoms with Gasteiger partial charge in [-0.3, -0.25) is 9.59 Å². The number of nitrogens with one attached hydrogen (secondary N) is 2. The minimum Gasteiger partial charge on any atom is -0.493 e. The van der Waals surface area contributed by atoms with E-state index in [2.05, 4.69) is 10.6 Å². The van der Waals surface area contributed by atoms with Gasteiger partial charge in [-0.25, -0.2) is 0 Å². The lowest BCUT2D eigenvalue weighted by atomic mass is 10.1. The van der Waals surface area contributed by atoms with Crippen molar-refractivity contribution in [3.8, 4) is 11.5 Å². The summed E-state index contributed by atoms with van der Waals surface area (Å²) in [5.41, 5.74) is 1.52. The Morgan fingerprint density at radius 2 is 1.81 bits per heavy atom. The van der Waals surface area contributed by atoms with Crippen LogP contribution in [0.1, 0.15) is 28.1 Å². The first-order chi connectivity index (χ1) is 12.5. The summed E-state index contributed by atoms with van der Waals surface area (Å²) in [7, 11) is 3.17. The molecule has 0 bridgehead atoms. The topological polar surface area (TPSA) is 89.8 Å². The number of carbonyl (C=O) groups is 2. The zero-order valence-electron chi connectivity index (χ0n) is 15.3. The highest BCUT2D eigenvalue weighted by molar-refractivity contribution is 5.95. The molecule has 7 nitrogen and oxygen atoms in total. The lowest BCUT2D eigenvalue weighted by molar-refractivity contribution is -0.120. The summed E-state index contributed by atoms with van der Waals surface area (Å²) in [6.45, 7) is 2.49. The largest absolute Gasteiger partial charge is 0.493 e. The van der Waals surface area contributed by atoms with Gasteiger partial charge in [0, 0.05) is 19.5 Å². The Balaban J connectivity index is 1.69. The van der Waals surface area contributed by atoms with Crippen LogP contribution in [0.4, 0.5) is 0 Å². The average molecular weight is 360 g/mol. The molecule has 140 valence electrons. The fraction of sp³-hybridized carbons (Fsp3) is 0.368. The van der Waals surface area contributed by atoms with Crippen LogP contribution < -0.4 is 20.1 Å². The van der Waals surface area contributed by atoms with Crippen molar-refractivity contribution in [1.29, 1.82) is 0 Å². The molecule has 2 N–H and O–H groups in total. The zero-order chi connectivity index (χ0) is 18.9. The molecule has 0 saturated heterocycles. The van der Waals surface area contributed by atoms with Crippen LogP contribution in [0.3, 0.4) is 0 Å². The van der Waals surface area contributed by atoms with Crippen molar-refractivity contribution < 1.29 is 23.5 Å². The molecule has 0 unspecified atom stereocenters. The molecule has 0 aliphatic carbocycles. The number of carbonyl (C=O) groups excluding carboxylic acids is 2. The van der Waals surface area contributed by atoms with E-state index in [9.17, 15) is 9.59 Å². The quantitative estimate of drug-likeness (QED) is 0.715. The second-order valence-corrected chi connectivity index (χ2v) is 5.69. The predicted octanol–water partition coefficient (Wildman–Crippen LogP) is 2.08. The summed E-state index contributed by atoms with van der Waals surface area (Å²) in [6.07, 6.45) is 2.35. The van der Waals surface area contributed by atoms with Crippen LogP contribution in [-0.2, 0) is 11.2 Å². The Kier molecular flexibility index (Phi) is 7.08. The Bertz CT molecular complexity index is 754. The number of methoxy groups -OCH3 is 2. The molecule has 0 radical (unpaired) electrons. The number of ether oxygens (including phenoxy) is 2. The first-order valence-electron chi connectivity index (χ1n) is 8.35. The van der Waals surface area contributed by atoms with Gasteiger partial charge in [0.1, 0.15) is 5.76 Å². The molecule has 0 atom stereocenters. The molecule has 1 heterocycles. The van der Waals surface area contributed by atoms with Gasteiger partial charge in [-0.1, -0.05) is 6.07 Å². The minimum atomic E-state index is -0.241. The first kappa shape index (κ1) is 19.4. The van der Waals surface area contributed by atoms with E-state index in [1.165, 1.54) is 6.26 Å². The fourth-order valence-electron chi connectivity index (χ4n) is 2.48. The number of rotatable bonds is 9. The Labute approximate surface area is 152 Å². The highest BCUT2D eigenvalue weighted by atomic mass is 16.5. The van der Waals surface area contributed by atoms with Gasteiger partial charge in [-0.15, -0.1) is 0 Å². The number of benzene rings is 1. The Morgan fingerprint density at radius 3 is 2.46 bits per heavy atom. The van der Waals surface area contributed by atoms with Crippen molar-refractivity contribution in [3.05, 3.63) is 47.4 Å². The maximum absolute atomic E-state index is 11.9. The predicted molar refractivity (Wildman–Crippen MR) is 96.7 cm³/mol. The van der Waals surface area contributed by atoms with Gasteiger partial charge in [0.25, 0.3) is 5.91 Å². The number of hydrogen-bond acceptors (Lipinski definition) is 5. The molecule has 2 rings (SSSR count). The Morgan fingerprint density at radius 1 is 1.04 bits per heavy atom. The molecule has 0 spiro atoms. The van der Waals surface area contributed by atoms with Crippen LogP contribution >= 0.6 is 0 Å². The van der Waals surface area contributed by atoms with Gasteiger partial charge in [0.15, 0.2) is 11.5 Å². The maximum Gasteiger partial charge on any atom is 0.254 e. The van der Waals surface area contributed by atoms with Gasteiger partial charge < -0.3 is 24.5 Å². The van der Waals surface area contributed by atoms with E-state index in [-0.39, 0.29) is 24.8 Å².